The van der Waals surface area contributed by atoms with Gasteiger partial charge < -0.3 is 19.5 Å². The van der Waals surface area contributed by atoms with Gasteiger partial charge >= 0.3 is 6.08 Å². The molecule has 0 saturated carbocycles. The molecule has 0 aliphatic heterocycles. The van der Waals surface area contributed by atoms with Crippen LogP contribution in [0.5, 0.6) is 17.2 Å². The fourth-order valence-electron chi connectivity index (χ4n) is 2.93. The molecule has 30 heavy (non-hydrogen) atoms. The number of pyridine rings is 1. The van der Waals surface area contributed by atoms with E-state index in [4.69, 9.17) is 14.2 Å². The molecule has 4 aromatic rings. The molecule has 0 amide bonds. The number of nitrogens with one attached hydrogen (secondary N) is 1. The van der Waals surface area contributed by atoms with Crippen LogP contribution >= 0.6 is 0 Å². The molecule has 1 N–H and O–H groups in total. The maximum atomic E-state index is 14.0. The number of nitrogens with zero attached hydrogens (tertiary/aromatic N) is 3. The smallest absolute Gasteiger partial charge is 0.311 e. The molecule has 0 unspecified atom stereocenters. The average Bonchev–Trinajstić information content (AvgIpc) is 2.78. The first-order valence-corrected chi connectivity index (χ1v) is 9.15. The van der Waals surface area contributed by atoms with Crippen molar-refractivity contribution in [1.29, 1.82) is 0 Å². The van der Waals surface area contributed by atoms with Gasteiger partial charge in [0.05, 0.1) is 25.4 Å². The summed E-state index contributed by atoms with van der Waals surface area (Å²) in [6.45, 7) is 0.372. The van der Waals surface area contributed by atoms with Gasteiger partial charge in [-0.3, -0.25) is 4.98 Å². The zero-order valence-electron chi connectivity index (χ0n) is 16.4. The maximum absolute atomic E-state index is 14.0. The molecule has 0 aliphatic carbocycles. The molecule has 2 aromatic carbocycles. The van der Waals surface area contributed by atoms with E-state index in [1.807, 2.05) is 42.5 Å². The van der Waals surface area contributed by atoms with Gasteiger partial charge in [-0.1, -0.05) is 6.07 Å². The van der Waals surface area contributed by atoms with E-state index in [-0.39, 0.29) is 0 Å². The van der Waals surface area contributed by atoms with E-state index in [1.165, 1.54) is 14.2 Å². The van der Waals surface area contributed by atoms with Crippen LogP contribution in [0.3, 0.4) is 0 Å². The SMILES string of the molecule is COc1cc2nc(F)nc(Nc3ccc(OCc4ccccn4)cc3)c2cc1OC. The van der Waals surface area contributed by atoms with Crippen molar-refractivity contribution in [1.82, 2.24) is 15.0 Å². The molecule has 0 aliphatic rings. The van der Waals surface area contributed by atoms with Gasteiger partial charge in [0.2, 0.25) is 0 Å². The summed E-state index contributed by atoms with van der Waals surface area (Å²) in [5, 5.41) is 3.72. The van der Waals surface area contributed by atoms with Crippen molar-refractivity contribution >= 4 is 22.4 Å². The molecule has 2 heterocycles. The summed E-state index contributed by atoms with van der Waals surface area (Å²) in [5.41, 5.74) is 1.96. The highest BCUT2D eigenvalue weighted by molar-refractivity contribution is 5.93. The van der Waals surface area contributed by atoms with Crippen LogP contribution in [0.1, 0.15) is 5.69 Å². The standard InChI is InChI=1S/C22H19FN4O3/c1-28-19-11-17-18(12-20(19)29-2)26-22(23)27-21(17)25-14-6-8-16(9-7-14)30-13-15-5-3-4-10-24-15/h3-12H,13H2,1-2H3,(H,25,26,27). The van der Waals surface area contributed by atoms with Crippen LogP contribution in [0.15, 0.2) is 60.8 Å². The zero-order chi connectivity index (χ0) is 20.9. The number of ether oxygens (including phenoxy) is 3. The summed E-state index contributed by atoms with van der Waals surface area (Å²) in [5.74, 6) is 1.97. The van der Waals surface area contributed by atoms with E-state index < -0.39 is 6.08 Å². The Labute approximate surface area is 172 Å². The third-order valence-electron chi connectivity index (χ3n) is 4.40. The Bertz CT molecular complexity index is 1150. The number of hydrogen-bond donors (Lipinski definition) is 1. The molecule has 0 radical (unpaired) electrons. The molecule has 2 aromatic heterocycles. The van der Waals surface area contributed by atoms with Crippen molar-refractivity contribution in [3.63, 3.8) is 0 Å². The highest BCUT2D eigenvalue weighted by atomic mass is 19.1. The Morgan fingerprint density at radius 3 is 2.40 bits per heavy atom. The summed E-state index contributed by atoms with van der Waals surface area (Å²) in [6.07, 6.45) is 0.883. The normalized spacial score (nSPS) is 10.6. The third kappa shape index (κ3) is 4.22. The molecule has 0 spiro atoms. The van der Waals surface area contributed by atoms with Crippen LogP contribution < -0.4 is 19.5 Å². The Hall–Kier alpha value is -3.94. The number of rotatable bonds is 7. The molecule has 0 bridgehead atoms. The summed E-state index contributed by atoms with van der Waals surface area (Å²) < 4.78 is 30.3. The van der Waals surface area contributed by atoms with E-state index in [2.05, 4.69) is 20.3 Å². The van der Waals surface area contributed by atoms with Gasteiger partial charge in [-0.25, -0.2) is 4.98 Å². The number of methoxy groups -OCH3 is 2. The lowest BCUT2D eigenvalue weighted by atomic mass is 10.2. The van der Waals surface area contributed by atoms with Gasteiger partial charge in [-0.05, 0) is 42.5 Å². The average molecular weight is 406 g/mol. The molecule has 0 saturated heterocycles. The van der Waals surface area contributed by atoms with E-state index in [1.54, 1.807) is 18.3 Å². The second-order valence-electron chi connectivity index (χ2n) is 6.32. The van der Waals surface area contributed by atoms with Crippen LogP contribution in [0.25, 0.3) is 10.9 Å². The van der Waals surface area contributed by atoms with Gasteiger partial charge in [0.1, 0.15) is 18.2 Å². The van der Waals surface area contributed by atoms with Crippen molar-refractivity contribution in [3.8, 4) is 17.2 Å². The minimum absolute atomic E-state index is 0.320. The van der Waals surface area contributed by atoms with Crippen LogP contribution in [0.2, 0.25) is 0 Å². The van der Waals surface area contributed by atoms with Gasteiger partial charge in [-0.2, -0.15) is 9.37 Å². The van der Waals surface area contributed by atoms with Crippen molar-refractivity contribution in [2.45, 2.75) is 6.61 Å². The van der Waals surface area contributed by atoms with E-state index in [0.717, 1.165) is 11.4 Å². The van der Waals surface area contributed by atoms with Crippen molar-refractivity contribution in [2.24, 2.45) is 0 Å². The molecule has 8 heteroatoms. The monoisotopic (exact) mass is 406 g/mol. The molecule has 0 atom stereocenters. The number of benzene rings is 2. The first-order valence-electron chi connectivity index (χ1n) is 9.15. The summed E-state index contributed by atoms with van der Waals surface area (Å²) in [7, 11) is 3.04. The van der Waals surface area contributed by atoms with Crippen molar-refractivity contribution in [3.05, 3.63) is 72.6 Å². The molecule has 7 nitrogen and oxygen atoms in total. The Kier molecular flexibility index (Phi) is 5.56. The minimum atomic E-state index is -0.840. The van der Waals surface area contributed by atoms with Crippen LogP contribution in [0, 0.1) is 6.08 Å². The lowest BCUT2D eigenvalue weighted by Crippen LogP contribution is -2.01. The van der Waals surface area contributed by atoms with Crippen LogP contribution in [-0.4, -0.2) is 29.2 Å². The largest absolute Gasteiger partial charge is 0.493 e. The lowest BCUT2D eigenvalue weighted by Gasteiger charge is -2.13. The number of halogens is 1. The van der Waals surface area contributed by atoms with Crippen LogP contribution in [-0.2, 0) is 6.61 Å². The van der Waals surface area contributed by atoms with Gasteiger partial charge in [0.15, 0.2) is 11.5 Å². The van der Waals surface area contributed by atoms with E-state index in [9.17, 15) is 4.39 Å². The van der Waals surface area contributed by atoms with E-state index >= 15 is 0 Å². The second kappa shape index (κ2) is 8.60. The molecule has 0 fully saturated rings. The Morgan fingerprint density at radius 1 is 0.933 bits per heavy atom. The third-order valence-corrected chi connectivity index (χ3v) is 4.40. The number of aromatic nitrogens is 3. The first-order chi connectivity index (χ1) is 14.7. The maximum Gasteiger partial charge on any atom is 0.311 e. The predicted molar refractivity (Wildman–Crippen MR) is 111 cm³/mol. The minimum Gasteiger partial charge on any atom is -0.493 e. The number of anilines is 2. The molecule has 4 rings (SSSR count). The topological polar surface area (TPSA) is 78.4 Å². The van der Waals surface area contributed by atoms with Crippen molar-refractivity contribution in [2.75, 3.05) is 19.5 Å². The lowest BCUT2D eigenvalue weighted by molar-refractivity contribution is 0.301. The van der Waals surface area contributed by atoms with E-state index in [0.29, 0.717) is 40.6 Å². The highest BCUT2D eigenvalue weighted by Crippen LogP contribution is 2.34. The molecule has 152 valence electrons. The summed E-state index contributed by atoms with van der Waals surface area (Å²) in [6, 6.07) is 16.3. The number of fused-ring (bicyclic) bond motifs is 1. The number of hydrogen-bond acceptors (Lipinski definition) is 7. The zero-order valence-corrected chi connectivity index (χ0v) is 16.4. The summed E-state index contributed by atoms with van der Waals surface area (Å²) in [4.78, 5) is 12.0. The Morgan fingerprint density at radius 2 is 1.70 bits per heavy atom. The Balaban J connectivity index is 1.56. The van der Waals surface area contributed by atoms with Crippen molar-refractivity contribution < 1.29 is 18.6 Å². The quantitative estimate of drug-likeness (QED) is 0.453. The second-order valence-corrected chi connectivity index (χ2v) is 6.32. The predicted octanol–water partition coefficient (Wildman–Crippen LogP) is 4.50. The van der Waals surface area contributed by atoms with Gasteiger partial charge in [0, 0.05) is 23.3 Å². The first kappa shape index (κ1) is 19.4. The van der Waals surface area contributed by atoms with Crippen LogP contribution in [0.4, 0.5) is 15.9 Å². The summed E-state index contributed by atoms with van der Waals surface area (Å²) >= 11 is 0. The molecular formula is C22H19FN4O3. The fourth-order valence-corrected chi connectivity index (χ4v) is 2.93. The highest BCUT2D eigenvalue weighted by Gasteiger charge is 2.13. The fraction of sp³-hybridized carbons (Fsp3) is 0.136. The van der Waals surface area contributed by atoms with Gasteiger partial charge in [0.25, 0.3) is 0 Å². The van der Waals surface area contributed by atoms with Gasteiger partial charge in [-0.15, -0.1) is 0 Å². The molecular weight excluding hydrogens is 387 g/mol.